The Morgan fingerprint density at radius 3 is 2.62 bits per heavy atom. The van der Waals surface area contributed by atoms with Crippen molar-refractivity contribution in [3.05, 3.63) is 59.2 Å². The molecule has 1 atom stereocenters. The quantitative estimate of drug-likeness (QED) is 0.868. The maximum atomic E-state index is 12.7. The fourth-order valence-electron chi connectivity index (χ4n) is 3.62. The monoisotopic (exact) mass is 352 g/mol. The SMILES string of the molecule is Cc1cc(C)nc(CCNC(=O)[C@H]2CCCCN2Cc2ccccc2)n1. The molecule has 1 aromatic heterocycles. The Kier molecular flexibility index (Phi) is 6.34. The molecule has 26 heavy (non-hydrogen) atoms. The second-order valence-electron chi connectivity index (χ2n) is 7.08. The second-order valence-corrected chi connectivity index (χ2v) is 7.08. The number of carbonyl (C=O) groups is 1. The van der Waals surface area contributed by atoms with Crippen LogP contribution in [0.2, 0.25) is 0 Å². The van der Waals surface area contributed by atoms with Gasteiger partial charge >= 0.3 is 0 Å². The summed E-state index contributed by atoms with van der Waals surface area (Å²) in [6.45, 7) is 6.34. The lowest BCUT2D eigenvalue weighted by Gasteiger charge is -2.34. The van der Waals surface area contributed by atoms with E-state index < -0.39 is 0 Å². The largest absolute Gasteiger partial charge is 0.354 e. The van der Waals surface area contributed by atoms with Gasteiger partial charge in [-0.05, 0) is 44.9 Å². The average Bonchev–Trinajstić information content (AvgIpc) is 2.62. The maximum Gasteiger partial charge on any atom is 0.237 e. The molecule has 0 saturated carbocycles. The van der Waals surface area contributed by atoms with Crippen molar-refractivity contribution in [3.63, 3.8) is 0 Å². The zero-order valence-electron chi connectivity index (χ0n) is 15.7. The maximum absolute atomic E-state index is 12.7. The summed E-state index contributed by atoms with van der Waals surface area (Å²) in [6, 6.07) is 12.3. The van der Waals surface area contributed by atoms with Crippen LogP contribution in [0.1, 0.15) is 42.0 Å². The van der Waals surface area contributed by atoms with Crippen LogP contribution in [0.5, 0.6) is 0 Å². The summed E-state index contributed by atoms with van der Waals surface area (Å²) in [4.78, 5) is 23.9. The molecule has 0 radical (unpaired) electrons. The predicted molar refractivity (Wildman–Crippen MR) is 103 cm³/mol. The van der Waals surface area contributed by atoms with E-state index in [2.05, 4.69) is 44.5 Å². The van der Waals surface area contributed by atoms with Crippen molar-refractivity contribution in [2.24, 2.45) is 0 Å². The van der Waals surface area contributed by atoms with Crippen molar-refractivity contribution in [1.29, 1.82) is 0 Å². The lowest BCUT2D eigenvalue weighted by atomic mass is 10.0. The van der Waals surface area contributed by atoms with Crippen molar-refractivity contribution in [2.75, 3.05) is 13.1 Å². The number of carbonyl (C=O) groups excluding carboxylic acids is 1. The van der Waals surface area contributed by atoms with Gasteiger partial charge in [0.25, 0.3) is 0 Å². The van der Waals surface area contributed by atoms with Gasteiger partial charge in [0.2, 0.25) is 5.91 Å². The number of aryl methyl sites for hydroxylation is 2. The van der Waals surface area contributed by atoms with Crippen molar-refractivity contribution in [1.82, 2.24) is 20.2 Å². The van der Waals surface area contributed by atoms with Gasteiger partial charge in [0.1, 0.15) is 5.82 Å². The molecule has 1 aliphatic rings. The lowest BCUT2D eigenvalue weighted by molar-refractivity contribution is -0.127. The van der Waals surface area contributed by atoms with Gasteiger partial charge in [0.15, 0.2) is 0 Å². The van der Waals surface area contributed by atoms with E-state index >= 15 is 0 Å². The Balaban J connectivity index is 1.54. The van der Waals surface area contributed by atoms with Crippen LogP contribution < -0.4 is 5.32 Å². The van der Waals surface area contributed by atoms with Crippen LogP contribution in [-0.4, -0.2) is 39.9 Å². The minimum absolute atomic E-state index is 0.0379. The van der Waals surface area contributed by atoms with Gasteiger partial charge in [0.05, 0.1) is 6.04 Å². The molecule has 5 heteroatoms. The van der Waals surface area contributed by atoms with E-state index in [0.29, 0.717) is 13.0 Å². The van der Waals surface area contributed by atoms with Crippen LogP contribution in [0, 0.1) is 13.8 Å². The smallest absolute Gasteiger partial charge is 0.237 e. The van der Waals surface area contributed by atoms with Gasteiger partial charge in [0, 0.05) is 30.9 Å². The van der Waals surface area contributed by atoms with Gasteiger partial charge in [-0.3, -0.25) is 9.69 Å². The molecule has 1 saturated heterocycles. The first kappa shape index (κ1) is 18.5. The topological polar surface area (TPSA) is 58.1 Å². The molecule has 1 amide bonds. The van der Waals surface area contributed by atoms with Crippen molar-refractivity contribution in [3.8, 4) is 0 Å². The van der Waals surface area contributed by atoms with Crippen molar-refractivity contribution < 1.29 is 4.79 Å². The first-order valence-electron chi connectivity index (χ1n) is 9.48. The first-order chi connectivity index (χ1) is 12.6. The molecule has 0 unspecified atom stereocenters. The van der Waals surface area contributed by atoms with E-state index in [0.717, 1.165) is 49.6 Å². The van der Waals surface area contributed by atoms with Gasteiger partial charge in [-0.1, -0.05) is 36.8 Å². The molecule has 0 spiro atoms. The Morgan fingerprint density at radius 1 is 1.15 bits per heavy atom. The van der Waals surface area contributed by atoms with E-state index in [-0.39, 0.29) is 11.9 Å². The number of piperidine rings is 1. The molecular formula is C21H28N4O. The van der Waals surface area contributed by atoms with Gasteiger partial charge in [-0.25, -0.2) is 9.97 Å². The number of nitrogens with one attached hydrogen (secondary N) is 1. The van der Waals surface area contributed by atoms with E-state index in [1.807, 2.05) is 26.0 Å². The highest BCUT2D eigenvalue weighted by molar-refractivity contribution is 5.81. The van der Waals surface area contributed by atoms with Crippen LogP contribution in [0.25, 0.3) is 0 Å². The number of hydrogen-bond donors (Lipinski definition) is 1. The third-order valence-corrected chi connectivity index (χ3v) is 4.82. The molecule has 1 aromatic carbocycles. The number of aromatic nitrogens is 2. The van der Waals surface area contributed by atoms with Crippen LogP contribution in [0.4, 0.5) is 0 Å². The first-order valence-corrected chi connectivity index (χ1v) is 9.48. The normalized spacial score (nSPS) is 17.8. The number of hydrogen-bond acceptors (Lipinski definition) is 4. The Labute approximate surface area is 155 Å². The van der Waals surface area contributed by atoms with Gasteiger partial charge in [-0.15, -0.1) is 0 Å². The molecular weight excluding hydrogens is 324 g/mol. The molecule has 3 rings (SSSR count). The number of benzene rings is 1. The summed E-state index contributed by atoms with van der Waals surface area (Å²) in [7, 11) is 0. The van der Waals surface area contributed by atoms with Crippen molar-refractivity contribution in [2.45, 2.75) is 52.1 Å². The summed E-state index contributed by atoms with van der Waals surface area (Å²) in [6.07, 6.45) is 3.87. The molecule has 1 fully saturated rings. The van der Waals surface area contributed by atoms with Gasteiger partial charge in [-0.2, -0.15) is 0 Å². The summed E-state index contributed by atoms with van der Waals surface area (Å²) in [5.41, 5.74) is 3.20. The molecule has 2 heterocycles. The fourth-order valence-corrected chi connectivity index (χ4v) is 3.62. The standard InChI is InChI=1S/C21H28N4O/c1-16-14-17(2)24-20(23-16)11-12-22-21(26)19-10-6-7-13-25(19)15-18-8-4-3-5-9-18/h3-5,8-9,14,19H,6-7,10-13,15H2,1-2H3,(H,22,26)/t19-/m1/s1. The Bertz CT molecular complexity index is 712. The number of nitrogens with zero attached hydrogens (tertiary/aromatic N) is 3. The number of amides is 1. The van der Waals surface area contributed by atoms with E-state index in [4.69, 9.17) is 0 Å². The molecule has 5 nitrogen and oxygen atoms in total. The number of rotatable bonds is 6. The summed E-state index contributed by atoms with van der Waals surface area (Å²) >= 11 is 0. The molecule has 1 N–H and O–H groups in total. The van der Waals surface area contributed by atoms with Crippen LogP contribution in [0.3, 0.4) is 0 Å². The third kappa shape index (κ3) is 5.11. The highest BCUT2D eigenvalue weighted by Crippen LogP contribution is 2.19. The molecule has 0 aliphatic carbocycles. The highest BCUT2D eigenvalue weighted by atomic mass is 16.2. The zero-order chi connectivity index (χ0) is 18.4. The molecule has 2 aromatic rings. The van der Waals surface area contributed by atoms with E-state index in [1.165, 1.54) is 5.56 Å². The van der Waals surface area contributed by atoms with Crippen LogP contribution in [0.15, 0.2) is 36.4 Å². The van der Waals surface area contributed by atoms with Crippen LogP contribution in [-0.2, 0) is 17.8 Å². The van der Waals surface area contributed by atoms with Crippen molar-refractivity contribution >= 4 is 5.91 Å². The summed E-state index contributed by atoms with van der Waals surface area (Å²) < 4.78 is 0. The third-order valence-electron chi connectivity index (χ3n) is 4.82. The fraction of sp³-hybridized carbons (Fsp3) is 0.476. The molecule has 138 valence electrons. The Morgan fingerprint density at radius 2 is 1.88 bits per heavy atom. The van der Waals surface area contributed by atoms with Gasteiger partial charge < -0.3 is 5.32 Å². The van der Waals surface area contributed by atoms with E-state index in [9.17, 15) is 4.79 Å². The number of likely N-dealkylation sites (tertiary alicyclic amines) is 1. The minimum atomic E-state index is -0.0379. The molecule has 0 bridgehead atoms. The second kappa shape index (κ2) is 8.90. The summed E-state index contributed by atoms with van der Waals surface area (Å²) in [5, 5.41) is 3.09. The Hall–Kier alpha value is -2.27. The summed E-state index contributed by atoms with van der Waals surface area (Å²) in [5.74, 6) is 0.928. The van der Waals surface area contributed by atoms with Crippen LogP contribution >= 0.6 is 0 Å². The minimum Gasteiger partial charge on any atom is -0.354 e. The molecule has 1 aliphatic heterocycles. The highest BCUT2D eigenvalue weighted by Gasteiger charge is 2.28. The average molecular weight is 352 g/mol. The lowest BCUT2D eigenvalue weighted by Crippen LogP contribution is -2.49. The van der Waals surface area contributed by atoms with E-state index in [1.54, 1.807) is 0 Å². The predicted octanol–water partition coefficient (Wildman–Crippen LogP) is 2.81. The zero-order valence-corrected chi connectivity index (χ0v) is 15.7.